The number of halogens is 1. The molecule has 0 heterocycles. The van der Waals surface area contributed by atoms with Crippen molar-refractivity contribution in [3.63, 3.8) is 0 Å². The molecule has 2 atom stereocenters. The van der Waals surface area contributed by atoms with E-state index in [1.54, 1.807) is 0 Å². The van der Waals surface area contributed by atoms with Gasteiger partial charge in [0.25, 0.3) is 0 Å². The standard InChI is InChI=1S/C11H23Cl/c1-6-9(2)7-8-10(12)11(3,4)5/h9-10H,6-8H2,1-5H3. The molecule has 0 rings (SSSR count). The Morgan fingerprint density at radius 2 is 1.67 bits per heavy atom. The van der Waals surface area contributed by atoms with Gasteiger partial charge < -0.3 is 0 Å². The quantitative estimate of drug-likeness (QED) is 0.574. The zero-order valence-corrected chi connectivity index (χ0v) is 9.91. The summed E-state index contributed by atoms with van der Waals surface area (Å²) in [5.74, 6) is 0.827. The van der Waals surface area contributed by atoms with Gasteiger partial charge in [-0.3, -0.25) is 0 Å². The Bertz CT molecular complexity index is 113. The Morgan fingerprint density at radius 1 is 1.17 bits per heavy atom. The summed E-state index contributed by atoms with van der Waals surface area (Å²) in [6.45, 7) is 11.2. The predicted molar refractivity (Wildman–Crippen MR) is 57.8 cm³/mol. The van der Waals surface area contributed by atoms with Crippen LogP contribution in [0.1, 0.15) is 53.9 Å². The van der Waals surface area contributed by atoms with Crippen LogP contribution in [-0.4, -0.2) is 5.38 Å². The van der Waals surface area contributed by atoms with Gasteiger partial charge in [-0.15, -0.1) is 11.6 Å². The van der Waals surface area contributed by atoms with E-state index in [0.29, 0.717) is 5.38 Å². The molecule has 1 heteroatoms. The number of hydrogen-bond acceptors (Lipinski definition) is 0. The zero-order chi connectivity index (χ0) is 9.78. The molecule has 74 valence electrons. The number of rotatable bonds is 4. The number of alkyl halides is 1. The highest BCUT2D eigenvalue weighted by Crippen LogP contribution is 2.29. The second-order valence-corrected chi connectivity index (χ2v) is 5.45. The highest BCUT2D eigenvalue weighted by atomic mass is 35.5. The van der Waals surface area contributed by atoms with Crippen LogP contribution in [0, 0.1) is 11.3 Å². The summed E-state index contributed by atoms with van der Waals surface area (Å²) < 4.78 is 0. The zero-order valence-electron chi connectivity index (χ0n) is 9.15. The van der Waals surface area contributed by atoms with E-state index in [4.69, 9.17) is 11.6 Å². The van der Waals surface area contributed by atoms with Crippen molar-refractivity contribution in [3.8, 4) is 0 Å². The minimum Gasteiger partial charge on any atom is -0.122 e. The first kappa shape index (κ1) is 12.3. The van der Waals surface area contributed by atoms with Gasteiger partial charge >= 0.3 is 0 Å². The molecule has 2 unspecified atom stereocenters. The van der Waals surface area contributed by atoms with E-state index in [1.165, 1.54) is 12.8 Å². The van der Waals surface area contributed by atoms with Gasteiger partial charge in [0.1, 0.15) is 0 Å². The lowest BCUT2D eigenvalue weighted by atomic mass is 9.87. The van der Waals surface area contributed by atoms with E-state index < -0.39 is 0 Å². The monoisotopic (exact) mass is 190 g/mol. The van der Waals surface area contributed by atoms with Crippen molar-refractivity contribution < 1.29 is 0 Å². The minimum atomic E-state index is 0.259. The van der Waals surface area contributed by atoms with Crippen LogP contribution in [-0.2, 0) is 0 Å². The summed E-state index contributed by atoms with van der Waals surface area (Å²) in [6, 6.07) is 0. The molecule has 0 amide bonds. The van der Waals surface area contributed by atoms with E-state index in [1.807, 2.05) is 0 Å². The lowest BCUT2D eigenvalue weighted by Gasteiger charge is -2.25. The van der Waals surface area contributed by atoms with Crippen molar-refractivity contribution in [1.29, 1.82) is 0 Å². The molecule has 0 aromatic rings. The Labute approximate surface area is 82.7 Å². The van der Waals surface area contributed by atoms with E-state index in [-0.39, 0.29) is 5.41 Å². The molecule has 0 aliphatic carbocycles. The van der Waals surface area contributed by atoms with Crippen molar-refractivity contribution in [3.05, 3.63) is 0 Å². The third kappa shape index (κ3) is 5.03. The van der Waals surface area contributed by atoms with Gasteiger partial charge in [-0.25, -0.2) is 0 Å². The molecule has 0 aromatic carbocycles. The largest absolute Gasteiger partial charge is 0.122 e. The molecule has 0 aromatic heterocycles. The molecule has 0 fully saturated rings. The summed E-state index contributed by atoms with van der Waals surface area (Å²) in [5.41, 5.74) is 0.259. The second-order valence-electron chi connectivity index (χ2n) is 4.92. The van der Waals surface area contributed by atoms with E-state index in [9.17, 15) is 0 Å². The van der Waals surface area contributed by atoms with Crippen LogP contribution in [0.3, 0.4) is 0 Å². The van der Waals surface area contributed by atoms with Crippen LogP contribution in [0.15, 0.2) is 0 Å². The van der Waals surface area contributed by atoms with Crippen LogP contribution in [0.2, 0.25) is 0 Å². The van der Waals surface area contributed by atoms with Crippen LogP contribution >= 0.6 is 11.6 Å². The third-order valence-corrected chi connectivity index (χ3v) is 3.42. The molecule has 12 heavy (non-hydrogen) atoms. The second kappa shape index (κ2) is 5.11. The van der Waals surface area contributed by atoms with E-state index in [0.717, 1.165) is 12.3 Å². The maximum atomic E-state index is 6.26. The fourth-order valence-electron chi connectivity index (χ4n) is 1.07. The van der Waals surface area contributed by atoms with Gasteiger partial charge in [-0.05, 0) is 24.2 Å². The lowest BCUT2D eigenvalue weighted by molar-refractivity contribution is 0.349. The Morgan fingerprint density at radius 3 is 2.00 bits per heavy atom. The maximum Gasteiger partial charge on any atom is 0.0384 e. The van der Waals surface area contributed by atoms with Crippen molar-refractivity contribution in [2.75, 3.05) is 0 Å². The Balaban J connectivity index is 3.64. The van der Waals surface area contributed by atoms with Gasteiger partial charge in [-0.2, -0.15) is 0 Å². The molecule has 0 nitrogen and oxygen atoms in total. The molecule has 0 aliphatic heterocycles. The molecule has 0 N–H and O–H groups in total. The topological polar surface area (TPSA) is 0 Å². The van der Waals surface area contributed by atoms with Gasteiger partial charge in [0.15, 0.2) is 0 Å². The summed E-state index contributed by atoms with van der Waals surface area (Å²) in [6.07, 6.45) is 3.69. The molecule has 0 bridgehead atoms. The molecular weight excluding hydrogens is 168 g/mol. The highest BCUT2D eigenvalue weighted by Gasteiger charge is 2.21. The fraction of sp³-hybridized carbons (Fsp3) is 1.00. The fourth-order valence-corrected chi connectivity index (χ4v) is 1.19. The average Bonchev–Trinajstić information content (AvgIpc) is 1.97. The van der Waals surface area contributed by atoms with Crippen LogP contribution in [0.5, 0.6) is 0 Å². The Hall–Kier alpha value is 0.290. The van der Waals surface area contributed by atoms with Gasteiger partial charge in [0.05, 0.1) is 0 Å². The first-order valence-electron chi connectivity index (χ1n) is 5.02. The summed E-state index contributed by atoms with van der Waals surface area (Å²) in [4.78, 5) is 0. The SMILES string of the molecule is CCC(C)CCC(Cl)C(C)(C)C. The van der Waals surface area contributed by atoms with Crippen LogP contribution in [0.25, 0.3) is 0 Å². The molecule has 0 radical (unpaired) electrons. The van der Waals surface area contributed by atoms with Gasteiger partial charge in [0.2, 0.25) is 0 Å². The van der Waals surface area contributed by atoms with Gasteiger partial charge in [-0.1, -0.05) is 41.0 Å². The average molecular weight is 191 g/mol. The molecule has 0 aliphatic rings. The minimum absolute atomic E-state index is 0.259. The first-order chi connectivity index (χ1) is 5.38. The van der Waals surface area contributed by atoms with E-state index in [2.05, 4.69) is 34.6 Å². The van der Waals surface area contributed by atoms with Crippen molar-refractivity contribution >= 4 is 11.6 Å². The van der Waals surface area contributed by atoms with Crippen molar-refractivity contribution in [1.82, 2.24) is 0 Å². The predicted octanol–water partition coefficient (Wildman–Crippen LogP) is 4.47. The third-order valence-electron chi connectivity index (χ3n) is 2.55. The lowest BCUT2D eigenvalue weighted by Crippen LogP contribution is -2.21. The summed E-state index contributed by atoms with van der Waals surface area (Å²) >= 11 is 6.26. The smallest absolute Gasteiger partial charge is 0.0384 e. The van der Waals surface area contributed by atoms with Crippen LogP contribution < -0.4 is 0 Å². The Kier molecular flexibility index (Phi) is 5.24. The van der Waals surface area contributed by atoms with Gasteiger partial charge in [0, 0.05) is 5.38 Å². The normalized spacial score (nSPS) is 17.5. The first-order valence-corrected chi connectivity index (χ1v) is 5.45. The number of hydrogen-bond donors (Lipinski definition) is 0. The van der Waals surface area contributed by atoms with Crippen molar-refractivity contribution in [2.45, 2.75) is 59.3 Å². The summed E-state index contributed by atoms with van der Waals surface area (Å²) in [7, 11) is 0. The summed E-state index contributed by atoms with van der Waals surface area (Å²) in [5, 5.41) is 0.325. The van der Waals surface area contributed by atoms with Crippen LogP contribution in [0.4, 0.5) is 0 Å². The maximum absolute atomic E-state index is 6.26. The highest BCUT2D eigenvalue weighted by molar-refractivity contribution is 6.21. The molecule has 0 spiro atoms. The molecular formula is C11H23Cl. The molecule has 0 saturated carbocycles. The van der Waals surface area contributed by atoms with Crippen molar-refractivity contribution in [2.24, 2.45) is 11.3 Å². The molecule has 0 saturated heterocycles. The van der Waals surface area contributed by atoms with E-state index >= 15 is 0 Å².